The van der Waals surface area contributed by atoms with Gasteiger partial charge in [0, 0.05) is 12.8 Å². The minimum atomic E-state index is -0.792. The molecule has 0 aromatic carbocycles. The van der Waals surface area contributed by atoms with Crippen LogP contribution in [0.25, 0.3) is 0 Å². The summed E-state index contributed by atoms with van der Waals surface area (Å²) in [6, 6.07) is 0. The van der Waals surface area contributed by atoms with E-state index in [1.54, 1.807) is 12.2 Å². The molecule has 0 aromatic rings. The summed E-state index contributed by atoms with van der Waals surface area (Å²) >= 11 is 0. The molecule has 0 amide bonds. The summed E-state index contributed by atoms with van der Waals surface area (Å²) in [5, 5.41) is 18.3. The van der Waals surface area contributed by atoms with Crippen molar-refractivity contribution in [2.45, 2.75) is 77.2 Å². The smallest absolute Gasteiger partial charge is 0.303 e. The first-order valence-electron chi connectivity index (χ1n) is 9.63. The molecule has 0 fully saturated rings. The number of unbranched alkanes of at least 4 members (excludes halogenated alkanes) is 4. The fraction of sp³-hybridized carbons (Fsp3) is 0.545. The van der Waals surface area contributed by atoms with Crippen molar-refractivity contribution in [1.82, 2.24) is 0 Å². The number of carboxylic acids is 1. The maximum absolute atomic E-state index is 11.7. The Labute approximate surface area is 158 Å². The van der Waals surface area contributed by atoms with Gasteiger partial charge in [-0.05, 0) is 44.6 Å². The van der Waals surface area contributed by atoms with Gasteiger partial charge in [0.15, 0.2) is 5.78 Å². The predicted octanol–water partition coefficient (Wildman–Crippen LogP) is 5.15. The number of carboxylic acid groups (broad SMARTS) is 1. The van der Waals surface area contributed by atoms with E-state index in [1.165, 1.54) is 19.3 Å². The van der Waals surface area contributed by atoms with Crippen LogP contribution in [-0.4, -0.2) is 28.1 Å². The number of carbonyl (C=O) groups excluding carboxylic acids is 1. The Bertz CT molecular complexity index is 486. The lowest BCUT2D eigenvalue weighted by Gasteiger charge is -2.02. The molecule has 4 nitrogen and oxygen atoms in total. The normalized spacial score (nSPS) is 13.5. The number of carbonyl (C=O) groups is 2. The average Bonchev–Trinajstić information content (AvgIpc) is 2.61. The Morgan fingerprint density at radius 1 is 0.885 bits per heavy atom. The van der Waals surface area contributed by atoms with Crippen molar-refractivity contribution in [2.75, 3.05) is 0 Å². The van der Waals surface area contributed by atoms with Gasteiger partial charge in [-0.15, -0.1) is 0 Å². The Hall–Kier alpha value is -1.94. The van der Waals surface area contributed by atoms with E-state index in [2.05, 4.69) is 13.0 Å². The fourth-order valence-electron chi connectivity index (χ4n) is 2.20. The summed E-state index contributed by atoms with van der Waals surface area (Å²) in [5.41, 5.74) is 0. The van der Waals surface area contributed by atoms with E-state index in [0.29, 0.717) is 19.3 Å². The molecule has 0 aliphatic rings. The van der Waals surface area contributed by atoms with Gasteiger partial charge in [-0.1, -0.05) is 62.3 Å². The van der Waals surface area contributed by atoms with Crippen LogP contribution in [0.15, 0.2) is 48.6 Å². The molecule has 4 heteroatoms. The van der Waals surface area contributed by atoms with Crippen molar-refractivity contribution >= 4 is 11.8 Å². The molecule has 0 spiro atoms. The average molecular weight is 363 g/mol. The second kappa shape index (κ2) is 17.9. The van der Waals surface area contributed by atoms with E-state index in [9.17, 15) is 14.7 Å². The van der Waals surface area contributed by atoms with E-state index in [0.717, 1.165) is 19.3 Å². The number of aliphatic hydroxyl groups is 1. The topological polar surface area (TPSA) is 74.6 Å². The molecule has 0 aliphatic heterocycles. The number of ketones is 1. The number of allylic oxidation sites excluding steroid dienone is 7. The molecule has 0 radical (unpaired) electrons. The van der Waals surface area contributed by atoms with Gasteiger partial charge in [-0.3, -0.25) is 9.59 Å². The molecular formula is C22H34O4. The van der Waals surface area contributed by atoms with Crippen molar-refractivity contribution in [3.05, 3.63) is 48.6 Å². The summed E-state index contributed by atoms with van der Waals surface area (Å²) in [6.07, 6.45) is 21.9. The SMILES string of the molecule is CCCCCC=CC=CC(O)CCC(=O)C=CCCC=CCCC(=O)O. The highest BCUT2D eigenvalue weighted by Gasteiger charge is 2.02. The van der Waals surface area contributed by atoms with Gasteiger partial charge >= 0.3 is 5.97 Å². The van der Waals surface area contributed by atoms with Crippen LogP contribution < -0.4 is 0 Å². The second-order valence-corrected chi connectivity index (χ2v) is 6.26. The highest BCUT2D eigenvalue weighted by Crippen LogP contribution is 2.03. The first-order valence-corrected chi connectivity index (χ1v) is 9.63. The highest BCUT2D eigenvalue weighted by atomic mass is 16.4. The zero-order valence-corrected chi connectivity index (χ0v) is 16.0. The molecular weight excluding hydrogens is 328 g/mol. The number of hydrogen-bond donors (Lipinski definition) is 2. The fourth-order valence-corrected chi connectivity index (χ4v) is 2.20. The number of hydrogen-bond acceptors (Lipinski definition) is 3. The minimum Gasteiger partial charge on any atom is -0.481 e. The standard InChI is InChI=1S/C22H34O4/c1-2-3-4-5-6-9-12-15-20(23)18-19-21(24)16-13-10-7-8-11-14-17-22(25)26/h6,8-9,11-13,15-16,20,23H,2-5,7,10,14,17-19H2,1H3,(H,25,26). The maximum atomic E-state index is 11.7. The zero-order chi connectivity index (χ0) is 19.5. The molecule has 146 valence electrons. The first-order chi connectivity index (χ1) is 12.6. The predicted molar refractivity (Wildman–Crippen MR) is 107 cm³/mol. The zero-order valence-electron chi connectivity index (χ0n) is 16.0. The number of rotatable bonds is 16. The molecule has 2 N–H and O–H groups in total. The van der Waals surface area contributed by atoms with Gasteiger partial charge in [0.1, 0.15) is 0 Å². The third kappa shape index (κ3) is 18.4. The van der Waals surface area contributed by atoms with Gasteiger partial charge in [0.2, 0.25) is 0 Å². The lowest BCUT2D eigenvalue weighted by molar-refractivity contribution is -0.136. The van der Waals surface area contributed by atoms with Crippen LogP contribution in [0.2, 0.25) is 0 Å². The Morgan fingerprint density at radius 2 is 1.62 bits per heavy atom. The summed E-state index contributed by atoms with van der Waals surface area (Å²) in [4.78, 5) is 22.0. The molecule has 1 unspecified atom stereocenters. The maximum Gasteiger partial charge on any atom is 0.303 e. The Balaban J connectivity index is 3.74. The van der Waals surface area contributed by atoms with E-state index in [4.69, 9.17) is 5.11 Å². The van der Waals surface area contributed by atoms with Gasteiger partial charge in [-0.2, -0.15) is 0 Å². The second-order valence-electron chi connectivity index (χ2n) is 6.26. The summed E-state index contributed by atoms with van der Waals surface area (Å²) in [7, 11) is 0. The van der Waals surface area contributed by atoms with Gasteiger partial charge in [0.25, 0.3) is 0 Å². The molecule has 0 aromatic heterocycles. The summed E-state index contributed by atoms with van der Waals surface area (Å²) in [5.74, 6) is -0.775. The van der Waals surface area contributed by atoms with Crippen LogP contribution in [0.1, 0.15) is 71.1 Å². The van der Waals surface area contributed by atoms with Gasteiger partial charge < -0.3 is 10.2 Å². The van der Waals surface area contributed by atoms with E-state index in [1.807, 2.05) is 30.4 Å². The molecule has 1 atom stereocenters. The van der Waals surface area contributed by atoms with Crippen LogP contribution in [0.3, 0.4) is 0 Å². The summed E-state index contributed by atoms with van der Waals surface area (Å²) < 4.78 is 0. The van der Waals surface area contributed by atoms with Crippen LogP contribution in [0, 0.1) is 0 Å². The Morgan fingerprint density at radius 3 is 2.35 bits per heavy atom. The minimum absolute atomic E-state index is 0.0161. The van der Waals surface area contributed by atoms with E-state index < -0.39 is 12.1 Å². The number of aliphatic carboxylic acids is 1. The lowest BCUT2D eigenvalue weighted by Crippen LogP contribution is -2.05. The molecule has 26 heavy (non-hydrogen) atoms. The van der Waals surface area contributed by atoms with Crippen molar-refractivity contribution in [3.8, 4) is 0 Å². The van der Waals surface area contributed by atoms with E-state index >= 15 is 0 Å². The van der Waals surface area contributed by atoms with E-state index in [-0.39, 0.29) is 12.2 Å². The molecule has 0 aliphatic carbocycles. The lowest BCUT2D eigenvalue weighted by atomic mass is 10.1. The van der Waals surface area contributed by atoms with Crippen molar-refractivity contribution in [1.29, 1.82) is 0 Å². The largest absolute Gasteiger partial charge is 0.481 e. The van der Waals surface area contributed by atoms with Crippen molar-refractivity contribution < 1.29 is 19.8 Å². The third-order valence-electron chi connectivity index (χ3n) is 3.74. The van der Waals surface area contributed by atoms with Crippen LogP contribution in [0.4, 0.5) is 0 Å². The first kappa shape index (κ1) is 24.1. The van der Waals surface area contributed by atoms with Crippen LogP contribution in [0.5, 0.6) is 0 Å². The van der Waals surface area contributed by atoms with Gasteiger partial charge in [0.05, 0.1) is 6.10 Å². The highest BCUT2D eigenvalue weighted by molar-refractivity contribution is 5.89. The number of aliphatic hydroxyl groups excluding tert-OH is 1. The third-order valence-corrected chi connectivity index (χ3v) is 3.74. The van der Waals surface area contributed by atoms with Crippen molar-refractivity contribution in [2.24, 2.45) is 0 Å². The van der Waals surface area contributed by atoms with Crippen LogP contribution >= 0.6 is 0 Å². The molecule has 0 saturated heterocycles. The van der Waals surface area contributed by atoms with Crippen LogP contribution in [-0.2, 0) is 9.59 Å². The molecule has 0 rings (SSSR count). The summed E-state index contributed by atoms with van der Waals surface area (Å²) in [6.45, 7) is 2.18. The molecule has 0 saturated carbocycles. The molecule has 0 heterocycles. The molecule has 0 bridgehead atoms. The van der Waals surface area contributed by atoms with Gasteiger partial charge in [-0.25, -0.2) is 0 Å². The van der Waals surface area contributed by atoms with Crippen molar-refractivity contribution in [3.63, 3.8) is 0 Å². The quantitative estimate of drug-likeness (QED) is 0.172. The Kier molecular flexibility index (Phi) is 16.5. The monoisotopic (exact) mass is 362 g/mol.